The molecule has 0 radical (unpaired) electrons. The minimum atomic E-state index is -0.844. The summed E-state index contributed by atoms with van der Waals surface area (Å²) in [5, 5.41) is 2.51. The van der Waals surface area contributed by atoms with Gasteiger partial charge >= 0.3 is 18.0 Å². The lowest BCUT2D eigenvalue weighted by molar-refractivity contribution is -0.150. The summed E-state index contributed by atoms with van der Waals surface area (Å²) in [6, 6.07) is 7.06. The second kappa shape index (κ2) is 10.6. The zero-order valence-corrected chi connectivity index (χ0v) is 19.1. The van der Waals surface area contributed by atoms with Crippen LogP contribution in [0.5, 0.6) is 11.5 Å². The Balaban J connectivity index is 1.74. The van der Waals surface area contributed by atoms with Gasteiger partial charge in [0, 0.05) is 0 Å². The molecule has 0 bridgehead atoms. The van der Waals surface area contributed by atoms with E-state index in [4.69, 9.17) is 18.6 Å². The van der Waals surface area contributed by atoms with Gasteiger partial charge in [0.1, 0.15) is 11.5 Å². The number of amides is 3. The number of furan rings is 1. The maximum absolute atomic E-state index is 12.8. The van der Waals surface area contributed by atoms with Crippen LogP contribution < -0.4 is 14.8 Å². The van der Waals surface area contributed by atoms with E-state index in [1.54, 1.807) is 32.0 Å². The highest BCUT2D eigenvalue weighted by atomic mass is 16.6. The maximum atomic E-state index is 12.8. The zero-order valence-electron chi connectivity index (χ0n) is 19.1. The molecule has 11 nitrogen and oxygen atoms in total. The maximum Gasteiger partial charge on any atom is 0.373 e. The molecule has 34 heavy (non-hydrogen) atoms. The SMILES string of the molecule is CCOC(=O)[C@H](C)Oc1ccc(/C=C2\NC(=O)N(Cc3ccc(C(=O)OC)o3)C2=O)cc1OC. The predicted molar refractivity (Wildman–Crippen MR) is 117 cm³/mol. The van der Waals surface area contributed by atoms with Gasteiger partial charge in [-0.3, -0.25) is 9.69 Å². The van der Waals surface area contributed by atoms with Crippen molar-refractivity contribution < 1.29 is 42.5 Å². The number of benzene rings is 1. The Hall–Kier alpha value is -4.28. The zero-order chi connectivity index (χ0) is 24.8. The minimum absolute atomic E-state index is 0.0352. The number of hydrogen-bond donors (Lipinski definition) is 1. The van der Waals surface area contributed by atoms with Crippen LogP contribution in [0.3, 0.4) is 0 Å². The number of imide groups is 1. The molecule has 1 fully saturated rings. The number of hydrogen-bond acceptors (Lipinski definition) is 9. The van der Waals surface area contributed by atoms with Gasteiger partial charge in [0.15, 0.2) is 17.6 Å². The number of urea groups is 1. The van der Waals surface area contributed by atoms with E-state index in [2.05, 4.69) is 10.1 Å². The first kappa shape index (κ1) is 24.4. The lowest BCUT2D eigenvalue weighted by Crippen LogP contribution is -2.30. The van der Waals surface area contributed by atoms with Crippen molar-refractivity contribution in [2.24, 2.45) is 0 Å². The van der Waals surface area contributed by atoms with Gasteiger partial charge in [0.25, 0.3) is 5.91 Å². The van der Waals surface area contributed by atoms with Crippen LogP contribution in [0.2, 0.25) is 0 Å². The number of ether oxygens (including phenoxy) is 4. The number of carbonyl (C=O) groups is 4. The van der Waals surface area contributed by atoms with Crippen molar-refractivity contribution in [1.82, 2.24) is 10.2 Å². The summed E-state index contributed by atoms with van der Waals surface area (Å²) in [7, 11) is 2.65. The van der Waals surface area contributed by atoms with Gasteiger partial charge in [0.2, 0.25) is 5.76 Å². The van der Waals surface area contributed by atoms with Crippen molar-refractivity contribution >= 4 is 30.0 Å². The van der Waals surface area contributed by atoms with Gasteiger partial charge in [-0.25, -0.2) is 14.4 Å². The van der Waals surface area contributed by atoms with Crippen molar-refractivity contribution in [1.29, 1.82) is 0 Å². The number of esters is 2. The molecule has 2 aromatic rings. The molecule has 180 valence electrons. The lowest BCUT2D eigenvalue weighted by atomic mass is 10.1. The highest BCUT2D eigenvalue weighted by Gasteiger charge is 2.34. The third-order valence-corrected chi connectivity index (χ3v) is 4.75. The van der Waals surface area contributed by atoms with E-state index in [0.717, 1.165) is 4.90 Å². The standard InChI is InChI=1S/C23H24N2O9/c1-5-32-21(27)13(2)33-17-8-6-14(11-19(17)30-3)10-16-20(26)25(23(29)24-16)12-15-7-9-18(34-15)22(28)31-4/h6-11,13H,5,12H2,1-4H3,(H,24,29)/b16-10-/t13-/m0/s1. The molecule has 3 rings (SSSR count). The van der Waals surface area contributed by atoms with Crippen LogP contribution in [-0.2, 0) is 25.6 Å². The Morgan fingerprint density at radius 2 is 1.91 bits per heavy atom. The number of nitrogens with zero attached hydrogens (tertiary/aromatic N) is 1. The predicted octanol–water partition coefficient (Wildman–Crippen LogP) is 2.50. The summed E-state index contributed by atoms with van der Waals surface area (Å²) in [4.78, 5) is 49.4. The van der Waals surface area contributed by atoms with Crippen LogP contribution >= 0.6 is 0 Å². The van der Waals surface area contributed by atoms with Crippen molar-refractivity contribution in [3.05, 3.63) is 53.1 Å². The molecule has 1 aromatic carbocycles. The average molecular weight is 472 g/mol. The molecule has 0 aliphatic carbocycles. The van der Waals surface area contributed by atoms with Gasteiger partial charge in [-0.2, -0.15) is 0 Å². The van der Waals surface area contributed by atoms with E-state index in [0.29, 0.717) is 17.1 Å². The third-order valence-electron chi connectivity index (χ3n) is 4.75. The molecule has 0 unspecified atom stereocenters. The van der Waals surface area contributed by atoms with Gasteiger partial charge in [-0.15, -0.1) is 0 Å². The van der Waals surface area contributed by atoms with Crippen molar-refractivity contribution in [2.45, 2.75) is 26.5 Å². The Labute approximate surface area is 195 Å². The minimum Gasteiger partial charge on any atom is -0.493 e. The molecule has 0 spiro atoms. The molecule has 1 saturated heterocycles. The fraction of sp³-hybridized carbons (Fsp3) is 0.304. The van der Waals surface area contributed by atoms with Crippen LogP contribution in [0.1, 0.15) is 35.7 Å². The van der Waals surface area contributed by atoms with E-state index in [9.17, 15) is 19.2 Å². The Morgan fingerprint density at radius 3 is 2.59 bits per heavy atom. The summed E-state index contributed by atoms with van der Waals surface area (Å²) in [6.07, 6.45) is 0.632. The summed E-state index contributed by atoms with van der Waals surface area (Å²) >= 11 is 0. The molecule has 1 aromatic heterocycles. The van der Waals surface area contributed by atoms with Crippen LogP contribution in [-0.4, -0.2) is 55.7 Å². The molecule has 1 atom stereocenters. The van der Waals surface area contributed by atoms with E-state index >= 15 is 0 Å². The van der Waals surface area contributed by atoms with E-state index in [-0.39, 0.29) is 30.4 Å². The molecule has 1 aliphatic heterocycles. The fourth-order valence-electron chi connectivity index (χ4n) is 3.08. The van der Waals surface area contributed by atoms with Crippen LogP contribution in [0, 0.1) is 0 Å². The third kappa shape index (κ3) is 5.37. The molecular weight excluding hydrogens is 448 g/mol. The van der Waals surface area contributed by atoms with Gasteiger partial charge < -0.3 is 28.7 Å². The molecular formula is C23H24N2O9. The average Bonchev–Trinajstić information content (AvgIpc) is 3.40. The summed E-state index contributed by atoms with van der Waals surface area (Å²) in [5.74, 6) is -0.905. The first-order chi connectivity index (χ1) is 16.3. The molecule has 2 heterocycles. The number of methoxy groups -OCH3 is 2. The number of carbonyl (C=O) groups excluding carboxylic acids is 4. The highest BCUT2D eigenvalue weighted by molar-refractivity contribution is 6.13. The van der Waals surface area contributed by atoms with Gasteiger partial charge in [-0.05, 0) is 49.8 Å². The largest absolute Gasteiger partial charge is 0.493 e. The highest BCUT2D eigenvalue weighted by Crippen LogP contribution is 2.30. The first-order valence-corrected chi connectivity index (χ1v) is 10.3. The van der Waals surface area contributed by atoms with E-state index in [1.807, 2.05) is 0 Å². The van der Waals surface area contributed by atoms with E-state index in [1.165, 1.54) is 32.4 Å². The monoisotopic (exact) mass is 472 g/mol. The lowest BCUT2D eigenvalue weighted by Gasteiger charge is -2.16. The van der Waals surface area contributed by atoms with Gasteiger partial charge in [-0.1, -0.05) is 6.07 Å². The Bertz CT molecular complexity index is 1140. The molecule has 0 saturated carbocycles. The Morgan fingerprint density at radius 1 is 1.15 bits per heavy atom. The molecule has 3 amide bonds. The smallest absolute Gasteiger partial charge is 0.373 e. The first-order valence-electron chi connectivity index (χ1n) is 10.3. The second-order valence-electron chi connectivity index (χ2n) is 7.06. The second-order valence-corrected chi connectivity index (χ2v) is 7.06. The molecule has 1 N–H and O–H groups in total. The fourth-order valence-corrected chi connectivity index (χ4v) is 3.08. The Kier molecular flexibility index (Phi) is 7.57. The topological polar surface area (TPSA) is 134 Å². The summed E-state index contributed by atoms with van der Waals surface area (Å²) < 4.78 is 25.8. The summed E-state index contributed by atoms with van der Waals surface area (Å²) in [5.41, 5.74) is 0.588. The quantitative estimate of drug-likeness (QED) is 0.332. The number of nitrogens with one attached hydrogen (secondary N) is 1. The van der Waals surface area contributed by atoms with Crippen LogP contribution in [0.4, 0.5) is 4.79 Å². The summed E-state index contributed by atoms with van der Waals surface area (Å²) in [6.45, 7) is 3.33. The van der Waals surface area contributed by atoms with Crippen LogP contribution in [0.25, 0.3) is 6.08 Å². The molecule has 11 heteroatoms. The number of rotatable bonds is 9. The van der Waals surface area contributed by atoms with Gasteiger partial charge in [0.05, 0.1) is 27.4 Å². The normalized spacial score (nSPS) is 15.2. The van der Waals surface area contributed by atoms with E-state index < -0.39 is 30.0 Å². The molecule has 1 aliphatic rings. The van der Waals surface area contributed by atoms with Crippen molar-refractivity contribution in [3.8, 4) is 11.5 Å². The van der Waals surface area contributed by atoms with Crippen LogP contribution in [0.15, 0.2) is 40.4 Å². The van der Waals surface area contributed by atoms with Crippen molar-refractivity contribution in [2.75, 3.05) is 20.8 Å². The van der Waals surface area contributed by atoms with Crippen molar-refractivity contribution in [3.63, 3.8) is 0 Å².